The fraction of sp³-hybridized carbons (Fsp3) is 0.429. The summed E-state index contributed by atoms with van der Waals surface area (Å²) in [5.41, 5.74) is 7.61. The predicted molar refractivity (Wildman–Crippen MR) is 105 cm³/mol. The molecule has 3 rings (SSSR count). The number of carbonyl (C=O) groups excluding carboxylic acids is 1. The van der Waals surface area contributed by atoms with Crippen LogP contribution in [0.15, 0.2) is 30.3 Å². The Bertz CT molecular complexity index is 823. The van der Waals surface area contributed by atoms with Crippen molar-refractivity contribution in [2.45, 2.75) is 39.2 Å². The lowest BCUT2D eigenvalue weighted by Crippen LogP contribution is -2.26. The topological polar surface area (TPSA) is 70.4 Å². The van der Waals surface area contributed by atoms with Crippen molar-refractivity contribution in [3.05, 3.63) is 58.4 Å². The second-order valence-corrected chi connectivity index (χ2v) is 7.19. The first-order valence-corrected chi connectivity index (χ1v) is 9.45. The van der Waals surface area contributed by atoms with Crippen molar-refractivity contribution in [2.75, 3.05) is 13.1 Å². The second-order valence-electron chi connectivity index (χ2n) is 7.19. The van der Waals surface area contributed by atoms with E-state index in [1.807, 2.05) is 23.9 Å². The van der Waals surface area contributed by atoms with Crippen molar-refractivity contribution in [2.24, 2.45) is 7.05 Å². The fourth-order valence-corrected chi connectivity index (χ4v) is 3.94. The minimum atomic E-state index is -0.526. The van der Waals surface area contributed by atoms with Crippen molar-refractivity contribution in [1.82, 2.24) is 20.2 Å². The zero-order valence-corrected chi connectivity index (χ0v) is 16.3. The lowest BCUT2D eigenvalue weighted by Gasteiger charge is -2.25. The smallest absolute Gasteiger partial charge is 0.267 e. The largest absolute Gasteiger partial charge is 0.296 e. The highest BCUT2D eigenvalue weighted by Gasteiger charge is 2.26. The van der Waals surface area contributed by atoms with E-state index in [0.717, 1.165) is 30.8 Å². The van der Waals surface area contributed by atoms with Gasteiger partial charge in [-0.05, 0) is 62.4 Å². The Morgan fingerprint density at radius 1 is 1.33 bits per heavy atom. The molecule has 0 radical (unpaired) electrons. The van der Waals surface area contributed by atoms with E-state index in [0.29, 0.717) is 6.04 Å². The highest BCUT2D eigenvalue weighted by molar-refractivity contribution is 5.90. The molecule has 1 amide bonds. The van der Waals surface area contributed by atoms with Gasteiger partial charge in [-0.15, -0.1) is 0 Å². The first kappa shape index (κ1) is 19.3. The van der Waals surface area contributed by atoms with Gasteiger partial charge in [-0.2, -0.15) is 5.10 Å². The van der Waals surface area contributed by atoms with Crippen LogP contribution in [0.4, 0.5) is 0 Å². The van der Waals surface area contributed by atoms with Crippen LogP contribution in [0.5, 0.6) is 0 Å². The Hall–Kier alpha value is -2.44. The van der Waals surface area contributed by atoms with Crippen LogP contribution in [-0.2, 0) is 18.3 Å². The zero-order valence-electron chi connectivity index (χ0n) is 16.3. The molecule has 0 unspecified atom stereocenters. The highest BCUT2D eigenvalue weighted by atomic mass is 16.5. The minimum Gasteiger partial charge on any atom is -0.296 e. The average Bonchev–Trinajstić information content (AvgIpc) is 3.23. The molecule has 2 aromatic rings. The van der Waals surface area contributed by atoms with Crippen LogP contribution in [0.2, 0.25) is 0 Å². The molecule has 1 atom stereocenters. The van der Waals surface area contributed by atoms with Gasteiger partial charge >= 0.3 is 0 Å². The number of hydrogen-bond acceptors (Lipinski definition) is 4. The first-order chi connectivity index (χ1) is 13.0. The number of rotatable bonds is 6. The normalized spacial score (nSPS) is 17.7. The van der Waals surface area contributed by atoms with E-state index in [1.165, 1.54) is 35.7 Å². The van der Waals surface area contributed by atoms with Gasteiger partial charge in [-0.3, -0.25) is 19.6 Å². The number of carbonyl (C=O) groups is 1. The van der Waals surface area contributed by atoms with Gasteiger partial charge in [0.25, 0.3) is 5.91 Å². The third kappa shape index (κ3) is 4.46. The van der Waals surface area contributed by atoms with Crippen LogP contribution in [0.3, 0.4) is 0 Å². The molecule has 1 aliphatic heterocycles. The molecular formula is C21H28N4O2. The van der Waals surface area contributed by atoms with Gasteiger partial charge in [0.1, 0.15) is 0 Å². The van der Waals surface area contributed by atoms with E-state index in [4.69, 9.17) is 5.21 Å². The van der Waals surface area contributed by atoms with Gasteiger partial charge in [0.15, 0.2) is 0 Å². The van der Waals surface area contributed by atoms with Crippen LogP contribution < -0.4 is 5.48 Å². The van der Waals surface area contributed by atoms with E-state index < -0.39 is 5.91 Å². The summed E-state index contributed by atoms with van der Waals surface area (Å²) in [6, 6.07) is 8.76. The van der Waals surface area contributed by atoms with Gasteiger partial charge in [-0.1, -0.05) is 24.3 Å². The Morgan fingerprint density at radius 2 is 2.07 bits per heavy atom. The maximum Gasteiger partial charge on any atom is 0.267 e. The lowest BCUT2D eigenvalue weighted by molar-refractivity contribution is -0.124. The monoisotopic (exact) mass is 368 g/mol. The van der Waals surface area contributed by atoms with Crippen LogP contribution in [0, 0.1) is 13.8 Å². The van der Waals surface area contributed by atoms with Gasteiger partial charge in [0, 0.05) is 31.4 Å². The zero-order chi connectivity index (χ0) is 19.4. The minimum absolute atomic E-state index is 0.445. The highest BCUT2D eigenvalue weighted by Crippen LogP contribution is 2.32. The molecule has 0 aliphatic carbocycles. The molecule has 1 aromatic carbocycles. The summed E-state index contributed by atoms with van der Waals surface area (Å²) in [4.78, 5) is 13.6. The van der Waals surface area contributed by atoms with E-state index in [-0.39, 0.29) is 0 Å². The molecule has 1 aromatic heterocycles. The van der Waals surface area contributed by atoms with Crippen molar-refractivity contribution in [1.29, 1.82) is 0 Å². The summed E-state index contributed by atoms with van der Waals surface area (Å²) < 4.78 is 1.97. The van der Waals surface area contributed by atoms with Crippen LogP contribution in [0.25, 0.3) is 6.08 Å². The maximum absolute atomic E-state index is 11.1. The van der Waals surface area contributed by atoms with Gasteiger partial charge in [0.2, 0.25) is 0 Å². The number of benzene rings is 1. The molecule has 0 saturated carbocycles. The van der Waals surface area contributed by atoms with E-state index in [9.17, 15) is 4.79 Å². The number of nitrogens with zero attached hydrogens (tertiary/aromatic N) is 3. The summed E-state index contributed by atoms with van der Waals surface area (Å²) in [6.45, 7) is 6.39. The summed E-state index contributed by atoms with van der Waals surface area (Å²) in [7, 11) is 2.00. The van der Waals surface area contributed by atoms with Crippen LogP contribution in [-0.4, -0.2) is 38.9 Å². The molecular weight excluding hydrogens is 340 g/mol. The van der Waals surface area contributed by atoms with Crippen LogP contribution >= 0.6 is 0 Å². The van der Waals surface area contributed by atoms with Crippen molar-refractivity contribution in [3.8, 4) is 0 Å². The third-order valence-corrected chi connectivity index (χ3v) is 5.53. The number of nitrogens with one attached hydrogen (secondary N) is 1. The average molecular weight is 368 g/mol. The molecule has 6 heteroatoms. The number of hydroxylamine groups is 1. The lowest BCUT2D eigenvalue weighted by atomic mass is 10.0. The van der Waals surface area contributed by atoms with Gasteiger partial charge in [0.05, 0.1) is 5.69 Å². The third-order valence-electron chi connectivity index (χ3n) is 5.53. The van der Waals surface area contributed by atoms with Crippen molar-refractivity contribution < 1.29 is 10.0 Å². The van der Waals surface area contributed by atoms with E-state index in [2.05, 4.69) is 36.0 Å². The molecule has 1 saturated heterocycles. The van der Waals surface area contributed by atoms with E-state index in [1.54, 1.807) is 11.6 Å². The number of hydrogen-bond donors (Lipinski definition) is 2. The second kappa shape index (κ2) is 8.50. The number of likely N-dealkylation sites (tertiary alicyclic amines) is 1. The quantitative estimate of drug-likeness (QED) is 0.467. The summed E-state index contributed by atoms with van der Waals surface area (Å²) in [5, 5.41) is 13.1. The molecule has 144 valence electrons. The Labute approximate surface area is 160 Å². The summed E-state index contributed by atoms with van der Waals surface area (Å²) in [6.07, 6.45) is 6.42. The SMILES string of the molecule is Cc1nn(C)c(C)c1CCN1CCC[C@H]1c1ccc(C=CC(=O)NO)cc1. The summed E-state index contributed by atoms with van der Waals surface area (Å²) >= 11 is 0. The fourth-order valence-electron chi connectivity index (χ4n) is 3.94. The van der Waals surface area contributed by atoms with Crippen molar-refractivity contribution >= 4 is 12.0 Å². The van der Waals surface area contributed by atoms with E-state index >= 15 is 0 Å². The Kier molecular flexibility index (Phi) is 6.08. The molecule has 2 heterocycles. The molecule has 0 bridgehead atoms. The number of aromatic nitrogens is 2. The standard InChI is InChI=1S/C21H28N4O2/c1-15-19(16(2)24(3)22-15)12-14-25-13-4-5-20(25)18-9-6-17(7-10-18)8-11-21(26)23-27/h6-11,20,27H,4-5,12-14H2,1-3H3,(H,23,26)/t20-/m0/s1. The maximum atomic E-state index is 11.1. The van der Waals surface area contributed by atoms with Crippen LogP contribution in [0.1, 0.15) is 47.0 Å². The Morgan fingerprint density at radius 3 is 2.70 bits per heavy atom. The molecule has 1 fully saturated rings. The number of amides is 1. The molecule has 0 spiro atoms. The first-order valence-electron chi connectivity index (χ1n) is 9.45. The Balaban J connectivity index is 1.65. The summed E-state index contributed by atoms with van der Waals surface area (Å²) in [5.74, 6) is -0.526. The molecule has 6 nitrogen and oxygen atoms in total. The van der Waals surface area contributed by atoms with Crippen molar-refractivity contribution in [3.63, 3.8) is 0 Å². The molecule has 2 N–H and O–H groups in total. The van der Waals surface area contributed by atoms with Gasteiger partial charge in [-0.25, -0.2) is 5.48 Å². The number of aryl methyl sites for hydroxylation is 2. The predicted octanol–water partition coefficient (Wildman–Crippen LogP) is 2.94. The molecule has 1 aliphatic rings. The molecule has 27 heavy (non-hydrogen) atoms. The van der Waals surface area contributed by atoms with Gasteiger partial charge < -0.3 is 0 Å².